The molecule has 2 amide bonds. The molecule has 0 atom stereocenters. The van der Waals surface area contributed by atoms with E-state index in [0.29, 0.717) is 18.1 Å². The van der Waals surface area contributed by atoms with Crippen LogP contribution in [0.25, 0.3) is 11.5 Å². The predicted molar refractivity (Wildman–Crippen MR) is 109 cm³/mol. The van der Waals surface area contributed by atoms with Crippen LogP contribution in [-0.2, 0) is 6.54 Å². The van der Waals surface area contributed by atoms with Crippen LogP contribution in [0.2, 0.25) is 0 Å². The van der Waals surface area contributed by atoms with Crippen LogP contribution in [-0.4, -0.2) is 38.4 Å². The summed E-state index contributed by atoms with van der Waals surface area (Å²) in [5, 5.41) is 9.84. The van der Waals surface area contributed by atoms with Gasteiger partial charge in [-0.15, -0.1) is 16.8 Å². The maximum absolute atomic E-state index is 13.6. The fraction of sp³-hybridized carbons (Fsp3) is 0.0952. The minimum atomic E-state index is -1.10. The van der Waals surface area contributed by atoms with Crippen LogP contribution >= 0.6 is 0 Å². The van der Waals surface area contributed by atoms with Crippen LogP contribution in [0.3, 0.4) is 0 Å². The summed E-state index contributed by atoms with van der Waals surface area (Å²) in [7, 11) is 0. The fourth-order valence-electron chi connectivity index (χ4n) is 2.56. The van der Waals surface area contributed by atoms with Gasteiger partial charge in [0.2, 0.25) is 5.88 Å². The van der Waals surface area contributed by atoms with Crippen LogP contribution in [0.4, 0.5) is 9.18 Å². The summed E-state index contributed by atoms with van der Waals surface area (Å²) in [6.07, 6.45) is 3.56. The molecule has 0 radical (unpaired) electrons. The number of ether oxygens (including phenoxy) is 2. The lowest BCUT2D eigenvalue weighted by molar-refractivity contribution is 0.0946. The molecule has 0 unspecified atom stereocenters. The molecule has 1 N–H and O–H groups in total. The summed E-state index contributed by atoms with van der Waals surface area (Å²) >= 11 is 0. The largest absolute Gasteiger partial charge is 0.489 e. The Morgan fingerprint density at radius 2 is 2.03 bits per heavy atom. The average molecular weight is 423 g/mol. The Balaban J connectivity index is 1.72. The SMILES string of the molecule is C=CCOc1ccc(F)cc1C(=O)NC(=O)Oc1cccc(-c2nncn2CC=C)n1. The number of hydrogen-bond donors (Lipinski definition) is 1. The predicted octanol–water partition coefficient (Wildman–Crippen LogP) is 3.16. The topological polar surface area (TPSA) is 108 Å². The smallest absolute Gasteiger partial charge is 0.420 e. The highest BCUT2D eigenvalue weighted by Gasteiger charge is 2.18. The van der Waals surface area contributed by atoms with E-state index < -0.39 is 17.8 Å². The van der Waals surface area contributed by atoms with E-state index in [1.165, 1.54) is 24.5 Å². The molecule has 9 nitrogen and oxygen atoms in total. The molecule has 31 heavy (non-hydrogen) atoms. The first-order chi connectivity index (χ1) is 15.0. The molecule has 0 saturated heterocycles. The van der Waals surface area contributed by atoms with Crippen molar-refractivity contribution in [3.05, 3.63) is 79.4 Å². The summed E-state index contributed by atoms with van der Waals surface area (Å²) < 4.78 is 25.7. The standard InChI is InChI=1S/C21H18FN5O4/c1-3-10-27-13-23-26-19(27)16-6-5-7-18(24-16)31-21(29)25-20(28)15-12-14(22)8-9-17(15)30-11-4-2/h3-9,12-13H,1-2,10-11H2,(H,25,28,29). The third-order valence-electron chi connectivity index (χ3n) is 3.85. The second-order valence-electron chi connectivity index (χ2n) is 6.04. The molecule has 3 rings (SSSR count). The Labute approximate surface area is 176 Å². The van der Waals surface area contributed by atoms with Gasteiger partial charge in [-0.25, -0.2) is 14.2 Å². The summed E-state index contributed by atoms with van der Waals surface area (Å²) in [6.45, 7) is 7.74. The van der Waals surface area contributed by atoms with Gasteiger partial charge < -0.3 is 14.0 Å². The van der Waals surface area contributed by atoms with Gasteiger partial charge in [0.05, 0.1) is 5.56 Å². The van der Waals surface area contributed by atoms with Gasteiger partial charge in [0.15, 0.2) is 5.82 Å². The zero-order valence-electron chi connectivity index (χ0n) is 16.3. The Hall–Kier alpha value is -4.34. The van der Waals surface area contributed by atoms with E-state index in [9.17, 15) is 14.0 Å². The fourth-order valence-corrected chi connectivity index (χ4v) is 2.56. The molecule has 0 spiro atoms. The van der Waals surface area contributed by atoms with Gasteiger partial charge >= 0.3 is 6.09 Å². The zero-order valence-corrected chi connectivity index (χ0v) is 16.3. The van der Waals surface area contributed by atoms with Crippen molar-refractivity contribution in [3.8, 4) is 23.1 Å². The van der Waals surface area contributed by atoms with Crippen LogP contribution in [0, 0.1) is 5.82 Å². The molecule has 3 aromatic rings. The first kappa shape index (κ1) is 21.4. The van der Waals surface area contributed by atoms with E-state index >= 15 is 0 Å². The number of nitrogens with zero attached hydrogens (tertiary/aromatic N) is 4. The minimum absolute atomic E-state index is 0.0710. The summed E-state index contributed by atoms with van der Waals surface area (Å²) in [5.74, 6) is -1.09. The number of allylic oxidation sites excluding steroid dienone is 1. The molecule has 2 heterocycles. The van der Waals surface area contributed by atoms with E-state index in [1.54, 1.807) is 22.8 Å². The van der Waals surface area contributed by atoms with E-state index in [2.05, 4.69) is 28.3 Å². The molecule has 0 saturated carbocycles. The molecule has 158 valence electrons. The molecule has 2 aromatic heterocycles. The lowest BCUT2D eigenvalue weighted by Crippen LogP contribution is -2.33. The van der Waals surface area contributed by atoms with Crippen molar-refractivity contribution in [2.45, 2.75) is 6.54 Å². The Kier molecular flexibility index (Phi) is 6.84. The summed E-state index contributed by atoms with van der Waals surface area (Å²) in [5.41, 5.74) is 0.235. The number of pyridine rings is 1. The highest BCUT2D eigenvalue weighted by Crippen LogP contribution is 2.21. The molecule has 0 bridgehead atoms. The normalized spacial score (nSPS) is 10.2. The number of imide groups is 1. The number of amides is 2. The van der Waals surface area contributed by atoms with Crippen LogP contribution in [0.1, 0.15) is 10.4 Å². The first-order valence-corrected chi connectivity index (χ1v) is 9.04. The lowest BCUT2D eigenvalue weighted by Gasteiger charge is -2.10. The number of nitrogens with one attached hydrogen (secondary N) is 1. The molecule has 0 aliphatic carbocycles. The molecule has 10 heteroatoms. The van der Waals surface area contributed by atoms with Gasteiger partial charge in [0, 0.05) is 12.6 Å². The van der Waals surface area contributed by atoms with Crippen molar-refractivity contribution in [1.29, 1.82) is 0 Å². The van der Waals surface area contributed by atoms with Crippen molar-refractivity contribution in [2.24, 2.45) is 0 Å². The summed E-state index contributed by atoms with van der Waals surface area (Å²) in [6, 6.07) is 8.06. The van der Waals surface area contributed by atoms with Crippen LogP contribution < -0.4 is 14.8 Å². The molecule has 1 aromatic carbocycles. The first-order valence-electron chi connectivity index (χ1n) is 9.04. The van der Waals surface area contributed by atoms with Crippen molar-refractivity contribution in [3.63, 3.8) is 0 Å². The lowest BCUT2D eigenvalue weighted by atomic mass is 10.2. The Bertz CT molecular complexity index is 1130. The van der Waals surface area contributed by atoms with Crippen LogP contribution in [0.5, 0.6) is 11.6 Å². The molecule has 0 fully saturated rings. The van der Waals surface area contributed by atoms with Crippen molar-refractivity contribution in [2.75, 3.05) is 6.61 Å². The van der Waals surface area contributed by atoms with Gasteiger partial charge in [-0.1, -0.05) is 24.8 Å². The second-order valence-corrected chi connectivity index (χ2v) is 6.04. The Morgan fingerprint density at radius 1 is 1.19 bits per heavy atom. The van der Waals surface area contributed by atoms with Gasteiger partial charge in [-0.3, -0.25) is 10.1 Å². The maximum atomic E-state index is 13.6. The number of aromatic nitrogens is 4. The number of rotatable bonds is 8. The highest BCUT2D eigenvalue weighted by molar-refractivity contribution is 6.04. The van der Waals surface area contributed by atoms with E-state index in [4.69, 9.17) is 9.47 Å². The monoisotopic (exact) mass is 423 g/mol. The number of halogens is 1. The van der Waals surface area contributed by atoms with Gasteiger partial charge in [0.25, 0.3) is 5.91 Å². The minimum Gasteiger partial charge on any atom is -0.489 e. The van der Waals surface area contributed by atoms with Crippen molar-refractivity contribution < 1.29 is 23.5 Å². The average Bonchev–Trinajstić information content (AvgIpc) is 3.21. The van der Waals surface area contributed by atoms with E-state index in [-0.39, 0.29) is 23.8 Å². The highest BCUT2D eigenvalue weighted by atomic mass is 19.1. The molecular formula is C21H18FN5O4. The van der Waals surface area contributed by atoms with E-state index in [1.807, 2.05) is 5.32 Å². The number of carbonyl (C=O) groups excluding carboxylic acids is 2. The quantitative estimate of drug-likeness (QED) is 0.555. The van der Waals surface area contributed by atoms with Crippen LogP contribution in [0.15, 0.2) is 68.0 Å². The van der Waals surface area contributed by atoms with Crippen molar-refractivity contribution >= 4 is 12.0 Å². The molecule has 0 aliphatic heterocycles. The Morgan fingerprint density at radius 3 is 2.81 bits per heavy atom. The number of carbonyl (C=O) groups is 2. The number of hydrogen-bond acceptors (Lipinski definition) is 7. The van der Waals surface area contributed by atoms with Gasteiger partial charge in [-0.05, 0) is 24.3 Å². The number of benzene rings is 1. The van der Waals surface area contributed by atoms with E-state index in [0.717, 1.165) is 12.1 Å². The van der Waals surface area contributed by atoms with Crippen molar-refractivity contribution in [1.82, 2.24) is 25.1 Å². The third kappa shape index (κ3) is 5.38. The second kappa shape index (κ2) is 9.92. The summed E-state index contributed by atoms with van der Waals surface area (Å²) in [4.78, 5) is 28.8. The zero-order chi connectivity index (χ0) is 22.2. The molecular weight excluding hydrogens is 405 g/mol. The van der Waals surface area contributed by atoms with Gasteiger partial charge in [-0.2, -0.15) is 0 Å². The molecule has 0 aliphatic rings. The maximum Gasteiger partial charge on any atom is 0.420 e. The van der Waals surface area contributed by atoms with Gasteiger partial charge in [0.1, 0.15) is 30.2 Å². The third-order valence-corrected chi connectivity index (χ3v) is 3.85.